The number of aromatic nitrogens is 2. The van der Waals surface area contributed by atoms with Gasteiger partial charge in [-0.1, -0.05) is 27.7 Å². The molecule has 0 saturated heterocycles. The van der Waals surface area contributed by atoms with Gasteiger partial charge in [-0.3, -0.25) is 0 Å². The van der Waals surface area contributed by atoms with E-state index in [1.807, 2.05) is 27.0 Å². The number of nitrogens with one attached hydrogen (secondary N) is 2. The van der Waals surface area contributed by atoms with Crippen molar-refractivity contribution in [2.45, 2.75) is 33.6 Å². The molecule has 1 aromatic heterocycles. The third-order valence-electron chi connectivity index (χ3n) is 2.69. The van der Waals surface area contributed by atoms with Crippen molar-refractivity contribution in [3.8, 4) is 0 Å². The molecule has 1 aromatic rings. The van der Waals surface area contributed by atoms with Crippen LogP contribution in [0.3, 0.4) is 0 Å². The van der Waals surface area contributed by atoms with Crippen LogP contribution in [0.4, 0.5) is 11.6 Å². The number of anilines is 2. The summed E-state index contributed by atoms with van der Waals surface area (Å²) in [5.74, 6) is 2.69. The minimum absolute atomic E-state index is 0.140. The van der Waals surface area contributed by atoms with Gasteiger partial charge >= 0.3 is 0 Å². The molecule has 0 aliphatic carbocycles. The summed E-state index contributed by atoms with van der Waals surface area (Å²) in [6.45, 7) is 8.95. The maximum atomic E-state index is 9.23. The normalized spacial score (nSPS) is 11.7. The van der Waals surface area contributed by atoms with Gasteiger partial charge in [0.05, 0.1) is 0 Å². The molecule has 5 heteroatoms. The standard InChI is InChI=1S/C13H24N4O/c1-9(2)12-16-10(14-5)6-11(17-12)15-7-13(3,4)8-18/h6,9,18H,7-8H2,1-5H3,(H2,14,15,16,17). The van der Waals surface area contributed by atoms with Crippen molar-refractivity contribution in [1.29, 1.82) is 0 Å². The Balaban J connectivity index is 2.85. The Kier molecular flexibility index (Phi) is 4.90. The van der Waals surface area contributed by atoms with Crippen LogP contribution in [-0.2, 0) is 0 Å². The van der Waals surface area contributed by atoms with Gasteiger partial charge in [-0.15, -0.1) is 0 Å². The Labute approximate surface area is 109 Å². The first kappa shape index (κ1) is 14.7. The molecule has 0 fully saturated rings. The van der Waals surface area contributed by atoms with Crippen molar-refractivity contribution in [2.24, 2.45) is 5.41 Å². The second-order valence-corrected chi connectivity index (χ2v) is 5.58. The lowest BCUT2D eigenvalue weighted by molar-refractivity contribution is 0.170. The van der Waals surface area contributed by atoms with Crippen molar-refractivity contribution < 1.29 is 5.11 Å². The van der Waals surface area contributed by atoms with Crippen LogP contribution < -0.4 is 10.6 Å². The predicted octanol–water partition coefficient (Wildman–Crippen LogP) is 2.07. The van der Waals surface area contributed by atoms with E-state index in [0.717, 1.165) is 17.5 Å². The van der Waals surface area contributed by atoms with E-state index in [1.165, 1.54) is 0 Å². The van der Waals surface area contributed by atoms with Gasteiger partial charge in [0.2, 0.25) is 0 Å². The summed E-state index contributed by atoms with van der Waals surface area (Å²) < 4.78 is 0. The monoisotopic (exact) mass is 252 g/mol. The van der Waals surface area contributed by atoms with E-state index in [9.17, 15) is 5.11 Å². The highest BCUT2D eigenvalue weighted by Gasteiger charge is 2.16. The topological polar surface area (TPSA) is 70.1 Å². The summed E-state index contributed by atoms with van der Waals surface area (Å²) in [5, 5.41) is 15.5. The van der Waals surface area contributed by atoms with Crippen molar-refractivity contribution in [3.63, 3.8) is 0 Å². The summed E-state index contributed by atoms with van der Waals surface area (Å²) in [5.41, 5.74) is -0.164. The molecular formula is C13H24N4O. The molecule has 18 heavy (non-hydrogen) atoms. The molecular weight excluding hydrogens is 228 g/mol. The Hall–Kier alpha value is -1.36. The minimum Gasteiger partial charge on any atom is -0.396 e. The Morgan fingerprint density at radius 2 is 1.89 bits per heavy atom. The number of nitrogens with zero attached hydrogens (tertiary/aromatic N) is 2. The fourth-order valence-corrected chi connectivity index (χ4v) is 1.33. The Bertz CT molecular complexity index is 391. The molecule has 102 valence electrons. The highest BCUT2D eigenvalue weighted by molar-refractivity contribution is 5.47. The molecule has 0 atom stereocenters. The zero-order valence-electron chi connectivity index (χ0n) is 11.9. The van der Waals surface area contributed by atoms with Crippen molar-refractivity contribution >= 4 is 11.6 Å². The summed E-state index contributed by atoms with van der Waals surface area (Å²) >= 11 is 0. The average molecular weight is 252 g/mol. The summed E-state index contributed by atoms with van der Waals surface area (Å²) in [7, 11) is 1.84. The lowest BCUT2D eigenvalue weighted by atomic mass is 9.95. The molecule has 0 aliphatic heterocycles. The van der Waals surface area contributed by atoms with E-state index in [0.29, 0.717) is 6.54 Å². The number of hydrogen-bond donors (Lipinski definition) is 3. The van der Waals surface area contributed by atoms with Crippen LogP contribution in [0.2, 0.25) is 0 Å². The summed E-state index contributed by atoms with van der Waals surface area (Å²) in [4.78, 5) is 8.88. The molecule has 5 nitrogen and oxygen atoms in total. The van der Waals surface area contributed by atoms with Crippen LogP contribution in [0.1, 0.15) is 39.4 Å². The number of hydrogen-bond acceptors (Lipinski definition) is 5. The van der Waals surface area contributed by atoms with Crippen LogP contribution in [-0.4, -0.2) is 35.3 Å². The smallest absolute Gasteiger partial charge is 0.135 e. The Morgan fingerprint density at radius 3 is 2.39 bits per heavy atom. The molecule has 0 amide bonds. The van der Waals surface area contributed by atoms with Crippen LogP contribution in [0.15, 0.2) is 6.07 Å². The quantitative estimate of drug-likeness (QED) is 0.723. The number of rotatable bonds is 6. The zero-order valence-corrected chi connectivity index (χ0v) is 11.9. The van der Waals surface area contributed by atoms with Gasteiger partial charge in [0.1, 0.15) is 17.5 Å². The molecule has 0 spiro atoms. The van der Waals surface area contributed by atoms with E-state index >= 15 is 0 Å². The van der Waals surface area contributed by atoms with Crippen LogP contribution in [0.5, 0.6) is 0 Å². The van der Waals surface area contributed by atoms with Crippen molar-refractivity contribution in [2.75, 3.05) is 30.8 Å². The van der Waals surface area contributed by atoms with Gasteiger partial charge in [0.25, 0.3) is 0 Å². The van der Waals surface area contributed by atoms with Crippen molar-refractivity contribution in [3.05, 3.63) is 11.9 Å². The SMILES string of the molecule is CNc1cc(NCC(C)(C)CO)nc(C(C)C)n1. The van der Waals surface area contributed by atoms with Crippen LogP contribution in [0.25, 0.3) is 0 Å². The van der Waals surface area contributed by atoms with Gasteiger partial charge in [0, 0.05) is 37.6 Å². The second-order valence-electron chi connectivity index (χ2n) is 5.58. The molecule has 0 unspecified atom stereocenters. The Morgan fingerprint density at radius 1 is 1.28 bits per heavy atom. The van der Waals surface area contributed by atoms with E-state index in [-0.39, 0.29) is 17.9 Å². The van der Waals surface area contributed by atoms with Crippen LogP contribution >= 0.6 is 0 Å². The zero-order chi connectivity index (χ0) is 13.8. The second kappa shape index (κ2) is 6.00. The van der Waals surface area contributed by atoms with E-state index in [4.69, 9.17) is 0 Å². The first-order chi connectivity index (χ1) is 8.38. The third-order valence-corrected chi connectivity index (χ3v) is 2.69. The maximum absolute atomic E-state index is 9.23. The number of aliphatic hydroxyl groups excluding tert-OH is 1. The van der Waals surface area contributed by atoms with Crippen LogP contribution in [0, 0.1) is 5.41 Å². The summed E-state index contributed by atoms with van der Waals surface area (Å²) in [6, 6.07) is 1.87. The van der Waals surface area contributed by atoms with Gasteiger partial charge in [-0.2, -0.15) is 0 Å². The molecule has 3 N–H and O–H groups in total. The maximum Gasteiger partial charge on any atom is 0.135 e. The predicted molar refractivity (Wildman–Crippen MR) is 75.0 cm³/mol. The highest BCUT2D eigenvalue weighted by Crippen LogP contribution is 2.19. The first-order valence-corrected chi connectivity index (χ1v) is 6.29. The van der Waals surface area contributed by atoms with Gasteiger partial charge in [-0.25, -0.2) is 9.97 Å². The summed E-state index contributed by atoms with van der Waals surface area (Å²) in [6.07, 6.45) is 0. The van der Waals surface area contributed by atoms with E-state index in [1.54, 1.807) is 0 Å². The van der Waals surface area contributed by atoms with Gasteiger partial charge < -0.3 is 15.7 Å². The third kappa shape index (κ3) is 4.14. The molecule has 0 aliphatic rings. The molecule has 0 bridgehead atoms. The largest absolute Gasteiger partial charge is 0.396 e. The highest BCUT2D eigenvalue weighted by atomic mass is 16.3. The minimum atomic E-state index is -0.164. The fraction of sp³-hybridized carbons (Fsp3) is 0.692. The molecule has 0 radical (unpaired) electrons. The average Bonchev–Trinajstić information content (AvgIpc) is 2.36. The first-order valence-electron chi connectivity index (χ1n) is 6.29. The van der Waals surface area contributed by atoms with Crippen molar-refractivity contribution in [1.82, 2.24) is 9.97 Å². The van der Waals surface area contributed by atoms with E-state index in [2.05, 4.69) is 34.4 Å². The molecule has 1 heterocycles. The van der Waals surface area contributed by atoms with Gasteiger partial charge in [0.15, 0.2) is 0 Å². The van der Waals surface area contributed by atoms with E-state index < -0.39 is 0 Å². The molecule has 1 rings (SSSR count). The fourth-order valence-electron chi connectivity index (χ4n) is 1.33. The molecule has 0 saturated carbocycles. The lowest BCUT2D eigenvalue weighted by Gasteiger charge is -2.22. The van der Waals surface area contributed by atoms with Gasteiger partial charge in [-0.05, 0) is 0 Å². The number of aliphatic hydroxyl groups is 1. The lowest BCUT2D eigenvalue weighted by Crippen LogP contribution is -2.27. The molecule has 0 aromatic carbocycles.